The van der Waals surface area contributed by atoms with Gasteiger partial charge in [-0.3, -0.25) is 4.72 Å². The summed E-state index contributed by atoms with van der Waals surface area (Å²) in [6.07, 6.45) is 5.58. The summed E-state index contributed by atoms with van der Waals surface area (Å²) in [6.45, 7) is 0. The molecule has 0 aliphatic heterocycles. The fourth-order valence-corrected chi connectivity index (χ4v) is 5.55. The summed E-state index contributed by atoms with van der Waals surface area (Å²) in [5.41, 5.74) is 7.45. The molecule has 2 aromatic heterocycles. The zero-order chi connectivity index (χ0) is 23.2. The quantitative estimate of drug-likeness (QED) is 0.419. The molecule has 0 saturated heterocycles. The van der Waals surface area contributed by atoms with Gasteiger partial charge in [0.2, 0.25) is 0 Å². The predicted octanol–water partition coefficient (Wildman–Crippen LogP) is 4.78. The summed E-state index contributed by atoms with van der Waals surface area (Å²) in [6, 6.07) is 10.1. The Morgan fingerprint density at radius 1 is 1.12 bits per heavy atom. The van der Waals surface area contributed by atoms with Gasteiger partial charge in [0.05, 0.1) is 22.0 Å². The molecule has 0 spiro atoms. The van der Waals surface area contributed by atoms with Crippen molar-refractivity contribution in [1.82, 2.24) is 19.7 Å². The molecule has 0 radical (unpaired) electrons. The molecule has 3 N–H and O–H groups in total. The molecule has 5 rings (SSSR count). The molecular weight excluding hydrogens is 467 g/mol. The number of nitrogens with one attached hydrogen (secondary N) is 1. The topological polar surface area (TPSA) is 116 Å². The lowest BCUT2D eigenvalue weighted by Gasteiger charge is -2.11. The van der Waals surface area contributed by atoms with Crippen molar-refractivity contribution in [3.05, 3.63) is 59.6 Å². The molecule has 1 fully saturated rings. The number of sulfonamides is 1. The molecule has 1 aliphatic carbocycles. The van der Waals surface area contributed by atoms with Crippen LogP contribution in [0, 0.1) is 5.82 Å². The van der Waals surface area contributed by atoms with Crippen LogP contribution in [-0.2, 0) is 10.0 Å². The fourth-order valence-electron chi connectivity index (χ4n) is 4.18. The third-order valence-corrected chi connectivity index (χ3v) is 7.38. The van der Waals surface area contributed by atoms with Crippen molar-refractivity contribution in [3.63, 3.8) is 0 Å². The van der Waals surface area contributed by atoms with E-state index in [1.54, 1.807) is 12.1 Å². The number of nitrogens with two attached hydrogens (primary N) is 1. The van der Waals surface area contributed by atoms with Crippen LogP contribution >= 0.6 is 11.6 Å². The van der Waals surface area contributed by atoms with Crippen molar-refractivity contribution in [2.24, 2.45) is 0 Å². The van der Waals surface area contributed by atoms with Gasteiger partial charge < -0.3 is 5.73 Å². The second-order valence-corrected chi connectivity index (χ2v) is 10.1. The number of nitrogens with zero attached hydrogens (tertiary/aromatic N) is 4. The molecule has 4 aromatic rings. The SMILES string of the molecule is Nc1ncnc2c1c(-c1ccc(NS(=O)(=O)c3cccc(Cl)c3)c(F)c1)nn2C1CCCC1. The average Bonchev–Trinajstić information content (AvgIpc) is 3.44. The Bertz CT molecular complexity index is 1470. The van der Waals surface area contributed by atoms with E-state index in [2.05, 4.69) is 14.7 Å². The Balaban J connectivity index is 1.54. The summed E-state index contributed by atoms with van der Waals surface area (Å²) in [4.78, 5) is 8.39. The van der Waals surface area contributed by atoms with Gasteiger partial charge in [-0.25, -0.2) is 27.5 Å². The highest BCUT2D eigenvalue weighted by Crippen LogP contribution is 2.37. The first-order valence-electron chi connectivity index (χ1n) is 10.4. The van der Waals surface area contributed by atoms with Crippen molar-refractivity contribution in [2.75, 3.05) is 10.5 Å². The predicted molar refractivity (Wildman–Crippen MR) is 125 cm³/mol. The van der Waals surface area contributed by atoms with Crippen molar-refractivity contribution in [1.29, 1.82) is 0 Å². The van der Waals surface area contributed by atoms with E-state index < -0.39 is 15.8 Å². The van der Waals surface area contributed by atoms with Crippen molar-refractivity contribution >= 4 is 44.2 Å². The second kappa shape index (κ2) is 8.27. The van der Waals surface area contributed by atoms with Crippen LogP contribution in [0.25, 0.3) is 22.3 Å². The molecular formula is C22H20ClFN6O2S. The number of hydrogen-bond acceptors (Lipinski definition) is 6. The van der Waals surface area contributed by atoms with Gasteiger partial charge in [0.25, 0.3) is 10.0 Å². The normalized spacial score (nSPS) is 14.7. The summed E-state index contributed by atoms with van der Waals surface area (Å²) >= 11 is 5.89. The molecule has 1 saturated carbocycles. The highest BCUT2D eigenvalue weighted by molar-refractivity contribution is 7.92. The Morgan fingerprint density at radius 3 is 2.64 bits per heavy atom. The minimum atomic E-state index is -4.02. The Morgan fingerprint density at radius 2 is 1.91 bits per heavy atom. The first-order valence-corrected chi connectivity index (χ1v) is 12.3. The first-order chi connectivity index (χ1) is 15.8. The molecule has 33 heavy (non-hydrogen) atoms. The number of rotatable bonds is 5. The molecule has 0 amide bonds. The minimum Gasteiger partial charge on any atom is -0.383 e. The zero-order valence-corrected chi connectivity index (χ0v) is 18.9. The average molecular weight is 487 g/mol. The van der Waals surface area contributed by atoms with Gasteiger partial charge in [0, 0.05) is 10.6 Å². The van der Waals surface area contributed by atoms with E-state index in [1.165, 1.54) is 36.7 Å². The number of anilines is 2. The fraction of sp³-hybridized carbons (Fsp3) is 0.227. The lowest BCUT2D eigenvalue weighted by atomic mass is 10.1. The van der Waals surface area contributed by atoms with Gasteiger partial charge >= 0.3 is 0 Å². The van der Waals surface area contributed by atoms with Gasteiger partial charge in [-0.15, -0.1) is 0 Å². The minimum absolute atomic E-state index is 0.0651. The third-order valence-electron chi connectivity index (χ3n) is 5.78. The maximum absolute atomic E-state index is 15.0. The molecule has 11 heteroatoms. The molecule has 0 atom stereocenters. The summed E-state index contributed by atoms with van der Waals surface area (Å²) in [5, 5.41) is 5.53. The van der Waals surface area contributed by atoms with Crippen LogP contribution in [0.15, 0.2) is 53.7 Å². The monoisotopic (exact) mass is 486 g/mol. The lowest BCUT2D eigenvalue weighted by molar-refractivity contribution is 0.479. The third kappa shape index (κ3) is 4.00. The van der Waals surface area contributed by atoms with E-state index in [0.717, 1.165) is 25.7 Å². The molecule has 0 bridgehead atoms. The maximum Gasteiger partial charge on any atom is 0.262 e. The maximum atomic E-state index is 15.0. The summed E-state index contributed by atoms with van der Waals surface area (Å²) in [5.74, 6) is -0.498. The number of aromatic nitrogens is 4. The van der Waals surface area contributed by atoms with Gasteiger partial charge in [0.15, 0.2) is 5.65 Å². The van der Waals surface area contributed by atoms with Gasteiger partial charge in [-0.05, 0) is 43.2 Å². The van der Waals surface area contributed by atoms with E-state index in [1.807, 2.05) is 4.68 Å². The lowest BCUT2D eigenvalue weighted by Crippen LogP contribution is -2.14. The Kier molecular flexibility index (Phi) is 5.41. The van der Waals surface area contributed by atoms with Crippen molar-refractivity contribution in [2.45, 2.75) is 36.6 Å². The number of halogens is 2. The van der Waals surface area contributed by atoms with E-state index in [-0.39, 0.29) is 27.5 Å². The van der Waals surface area contributed by atoms with E-state index >= 15 is 4.39 Å². The second-order valence-electron chi connectivity index (χ2n) is 7.95. The van der Waals surface area contributed by atoms with Crippen molar-refractivity contribution in [3.8, 4) is 11.3 Å². The van der Waals surface area contributed by atoms with Crippen LogP contribution in [0.3, 0.4) is 0 Å². The van der Waals surface area contributed by atoms with E-state index in [0.29, 0.717) is 22.3 Å². The van der Waals surface area contributed by atoms with Crippen LogP contribution in [0.1, 0.15) is 31.7 Å². The van der Waals surface area contributed by atoms with Gasteiger partial charge in [0.1, 0.15) is 23.7 Å². The molecule has 1 aliphatic rings. The van der Waals surface area contributed by atoms with Crippen LogP contribution in [0.4, 0.5) is 15.9 Å². The molecule has 8 nitrogen and oxygen atoms in total. The largest absolute Gasteiger partial charge is 0.383 e. The highest BCUT2D eigenvalue weighted by atomic mass is 35.5. The molecule has 170 valence electrons. The summed E-state index contributed by atoms with van der Waals surface area (Å²) in [7, 11) is -4.02. The highest BCUT2D eigenvalue weighted by Gasteiger charge is 2.25. The summed E-state index contributed by atoms with van der Waals surface area (Å²) < 4.78 is 44.4. The number of nitrogen functional groups attached to an aromatic ring is 1. The van der Waals surface area contributed by atoms with Crippen LogP contribution in [0.2, 0.25) is 5.02 Å². The Labute approximate surface area is 194 Å². The van der Waals surface area contributed by atoms with Crippen LogP contribution in [-0.4, -0.2) is 28.2 Å². The molecule has 0 unspecified atom stereocenters. The van der Waals surface area contributed by atoms with E-state index in [9.17, 15) is 8.42 Å². The van der Waals surface area contributed by atoms with Crippen molar-refractivity contribution < 1.29 is 12.8 Å². The first kappa shape index (κ1) is 21.6. The molecule has 2 aromatic carbocycles. The Hall–Kier alpha value is -3.24. The van der Waals surface area contributed by atoms with Gasteiger partial charge in [-0.2, -0.15) is 5.10 Å². The van der Waals surface area contributed by atoms with E-state index in [4.69, 9.17) is 22.4 Å². The smallest absolute Gasteiger partial charge is 0.262 e. The zero-order valence-electron chi connectivity index (χ0n) is 17.4. The number of hydrogen-bond donors (Lipinski definition) is 2. The number of fused-ring (bicyclic) bond motifs is 1. The standard InChI is InChI=1S/C22H20ClFN6O2S/c23-14-4-3-7-16(11-14)33(31,32)29-18-9-8-13(10-17(18)24)20-19-21(25)26-12-27-22(19)30(28-20)15-5-1-2-6-15/h3-4,7-12,15,29H,1-2,5-6H2,(H2,25,26,27). The van der Waals surface area contributed by atoms with Crippen LogP contribution in [0.5, 0.6) is 0 Å². The van der Waals surface area contributed by atoms with Crippen LogP contribution < -0.4 is 10.5 Å². The van der Waals surface area contributed by atoms with Gasteiger partial charge in [-0.1, -0.05) is 36.6 Å². The molecule has 2 heterocycles. The number of benzene rings is 2.